The lowest BCUT2D eigenvalue weighted by Gasteiger charge is -2.12. The number of carboxylic acid groups (broad SMARTS) is 1. The number of methoxy groups -OCH3 is 1. The second-order valence-corrected chi connectivity index (χ2v) is 7.95. The Bertz CT molecular complexity index is 1360. The minimum absolute atomic E-state index is 0.138. The van der Waals surface area contributed by atoms with Crippen LogP contribution in [0.3, 0.4) is 0 Å². The van der Waals surface area contributed by atoms with Gasteiger partial charge in [0.1, 0.15) is 23.8 Å². The zero-order valence-electron chi connectivity index (χ0n) is 17.7. The molecule has 4 aromatic rings. The summed E-state index contributed by atoms with van der Waals surface area (Å²) < 4.78 is 23.8. The highest BCUT2D eigenvalue weighted by Gasteiger charge is 2.20. The Hall–Kier alpha value is -3.84. The van der Waals surface area contributed by atoms with E-state index >= 15 is 0 Å². The summed E-state index contributed by atoms with van der Waals surface area (Å²) in [4.78, 5) is 12.0. The van der Waals surface area contributed by atoms with E-state index in [-0.39, 0.29) is 19.0 Å². The van der Waals surface area contributed by atoms with Crippen molar-refractivity contribution in [2.45, 2.75) is 13.2 Å². The zero-order chi connectivity index (χ0) is 22.9. The highest BCUT2D eigenvalue weighted by Crippen LogP contribution is 2.38. The van der Waals surface area contributed by atoms with E-state index in [1.54, 1.807) is 29.9 Å². The minimum atomic E-state index is -1.03. The molecule has 1 aromatic heterocycles. The fourth-order valence-corrected chi connectivity index (χ4v) is 4.13. The lowest BCUT2D eigenvalue weighted by atomic mass is 10.2. The standard InChI is InChI=1S/C25H20ClNO6/c1-30-22-5-3-2-4-15(22)13-31-18-6-7-20-16(8-18)9-21(25(28)29)27(20)12-17-10-23-24(11-19(17)26)33-14-32-23/h2-11H,12-14H2,1H3,(H,28,29). The summed E-state index contributed by atoms with van der Waals surface area (Å²) in [6, 6.07) is 18.2. The first-order valence-corrected chi connectivity index (χ1v) is 10.6. The van der Waals surface area contributed by atoms with Gasteiger partial charge in [0.15, 0.2) is 11.5 Å². The highest BCUT2D eigenvalue weighted by molar-refractivity contribution is 6.31. The van der Waals surface area contributed by atoms with E-state index in [9.17, 15) is 9.90 Å². The van der Waals surface area contributed by atoms with Crippen LogP contribution in [0.1, 0.15) is 21.6 Å². The van der Waals surface area contributed by atoms with Crippen LogP contribution in [0.15, 0.2) is 60.7 Å². The molecule has 8 heteroatoms. The molecule has 0 bridgehead atoms. The number of ether oxygens (including phenoxy) is 4. The van der Waals surface area contributed by atoms with E-state index in [1.807, 2.05) is 42.5 Å². The SMILES string of the molecule is COc1ccccc1COc1ccc2c(c1)cc(C(=O)O)n2Cc1cc2c(cc1Cl)OCO2. The van der Waals surface area contributed by atoms with Gasteiger partial charge >= 0.3 is 5.97 Å². The Kier molecular flexibility index (Phi) is 5.48. The summed E-state index contributed by atoms with van der Waals surface area (Å²) in [6.45, 7) is 0.733. The van der Waals surface area contributed by atoms with Crippen LogP contribution in [0.4, 0.5) is 0 Å². The number of nitrogens with zero attached hydrogens (tertiary/aromatic N) is 1. The van der Waals surface area contributed by atoms with Crippen LogP contribution in [0.25, 0.3) is 10.9 Å². The molecule has 1 aliphatic heterocycles. The first kappa shape index (κ1) is 21.0. The molecule has 0 fully saturated rings. The van der Waals surface area contributed by atoms with Crippen LogP contribution < -0.4 is 18.9 Å². The van der Waals surface area contributed by atoms with Gasteiger partial charge in [-0.15, -0.1) is 0 Å². The number of hydrogen-bond acceptors (Lipinski definition) is 5. The van der Waals surface area contributed by atoms with Gasteiger partial charge in [0, 0.05) is 27.6 Å². The van der Waals surface area contributed by atoms with Crippen LogP contribution in [0.2, 0.25) is 5.02 Å². The Morgan fingerprint density at radius 3 is 2.64 bits per heavy atom. The molecule has 1 aliphatic rings. The first-order chi connectivity index (χ1) is 16.0. The van der Waals surface area contributed by atoms with E-state index in [0.717, 1.165) is 27.8 Å². The Morgan fingerprint density at radius 1 is 1.06 bits per heavy atom. The van der Waals surface area contributed by atoms with Gasteiger partial charge in [0.25, 0.3) is 0 Å². The maximum Gasteiger partial charge on any atom is 0.352 e. The van der Waals surface area contributed by atoms with Gasteiger partial charge in [0.05, 0.1) is 13.7 Å². The summed E-state index contributed by atoms with van der Waals surface area (Å²) in [7, 11) is 1.62. The molecule has 0 unspecified atom stereocenters. The second-order valence-electron chi connectivity index (χ2n) is 7.54. The lowest BCUT2D eigenvalue weighted by Crippen LogP contribution is -2.09. The maximum absolute atomic E-state index is 12.0. The van der Waals surface area contributed by atoms with Gasteiger partial charge in [-0.1, -0.05) is 29.8 Å². The molecule has 0 spiro atoms. The smallest absolute Gasteiger partial charge is 0.352 e. The summed E-state index contributed by atoms with van der Waals surface area (Å²) in [6.07, 6.45) is 0. The molecule has 2 heterocycles. The molecule has 0 saturated carbocycles. The van der Waals surface area contributed by atoms with E-state index in [1.165, 1.54) is 0 Å². The molecular weight excluding hydrogens is 446 g/mol. The number of rotatable bonds is 7. The topological polar surface area (TPSA) is 79.2 Å². The predicted molar refractivity (Wildman–Crippen MR) is 123 cm³/mol. The molecule has 0 aliphatic carbocycles. The molecule has 0 atom stereocenters. The quantitative estimate of drug-likeness (QED) is 0.396. The van der Waals surface area contributed by atoms with Gasteiger partial charge in [0.2, 0.25) is 6.79 Å². The summed E-state index contributed by atoms with van der Waals surface area (Å²) in [5, 5.41) is 11.0. The number of para-hydroxylation sites is 1. The molecule has 0 radical (unpaired) electrons. The molecule has 168 valence electrons. The van der Waals surface area contributed by atoms with Crippen LogP contribution in [0, 0.1) is 0 Å². The van der Waals surface area contributed by atoms with Crippen molar-refractivity contribution in [3.63, 3.8) is 0 Å². The number of halogens is 1. The predicted octanol–water partition coefficient (Wildman–Crippen LogP) is 5.36. The van der Waals surface area contributed by atoms with Crippen molar-refractivity contribution in [3.8, 4) is 23.0 Å². The zero-order valence-corrected chi connectivity index (χ0v) is 18.5. The summed E-state index contributed by atoms with van der Waals surface area (Å²) in [5.41, 5.74) is 2.56. The maximum atomic E-state index is 12.0. The average molecular weight is 466 g/mol. The lowest BCUT2D eigenvalue weighted by molar-refractivity contribution is 0.0686. The molecule has 7 nitrogen and oxygen atoms in total. The minimum Gasteiger partial charge on any atom is -0.496 e. The van der Waals surface area contributed by atoms with Gasteiger partial charge in [-0.05, 0) is 42.0 Å². The van der Waals surface area contributed by atoms with E-state index in [0.29, 0.717) is 28.9 Å². The largest absolute Gasteiger partial charge is 0.496 e. The molecule has 33 heavy (non-hydrogen) atoms. The third kappa shape index (κ3) is 4.03. The van der Waals surface area contributed by atoms with Crippen molar-refractivity contribution in [1.29, 1.82) is 0 Å². The van der Waals surface area contributed by atoms with E-state index in [4.69, 9.17) is 30.5 Å². The molecule has 3 aromatic carbocycles. The van der Waals surface area contributed by atoms with Crippen LogP contribution in [-0.4, -0.2) is 29.5 Å². The van der Waals surface area contributed by atoms with Crippen LogP contribution >= 0.6 is 11.6 Å². The van der Waals surface area contributed by atoms with Crippen molar-refractivity contribution in [2.75, 3.05) is 13.9 Å². The number of hydrogen-bond donors (Lipinski definition) is 1. The number of fused-ring (bicyclic) bond motifs is 2. The summed E-state index contributed by atoms with van der Waals surface area (Å²) in [5.74, 6) is 1.52. The molecule has 0 amide bonds. The van der Waals surface area contributed by atoms with Crippen molar-refractivity contribution in [1.82, 2.24) is 4.57 Å². The number of carboxylic acids is 1. The van der Waals surface area contributed by atoms with Crippen molar-refractivity contribution >= 4 is 28.5 Å². The number of aromatic carboxylic acids is 1. The van der Waals surface area contributed by atoms with E-state index < -0.39 is 5.97 Å². The van der Waals surface area contributed by atoms with Gasteiger partial charge in [-0.3, -0.25) is 0 Å². The van der Waals surface area contributed by atoms with E-state index in [2.05, 4.69) is 0 Å². The average Bonchev–Trinajstić information content (AvgIpc) is 3.42. The molecular formula is C25H20ClNO6. The number of aromatic nitrogens is 1. The third-order valence-electron chi connectivity index (χ3n) is 5.55. The van der Waals surface area contributed by atoms with Crippen molar-refractivity contribution in [2.24, 2.45) is 0 Å². The van der Waals surface area contributed by atoms with Crippen molar-refractivity contribution < 1.29 is 28.8 Å². The fraction of sp³-hybridized carbons (Fsp3) is 0.160. The second kappa shape index (κ2) is 8.60. The van der Waals surface area contributed by atoms with Gasteiger partial charge in [-0.25, -0.2) is 4.79 Å². The van der Waals surface area contributed by atoms with Crippen LogP contribution in [-0.2, 0) is 13.2 Å². The highest BCUT2D eigenvalue weighted by atomic mass is 35.5. The van der Waals surface area contributed by atoms with Gasteiger partial charge < -0.3 is 28.6 Å². The normalized spacial score (nSPS) is 12.2. The molecule has 5 rings (SSSR count). The summed E-state index contributed by atoms with van der Waals surface area (Å²) >= 11 is 6.43. The van der Waals surface area contributed by atoms with Gasteiger partial charge in [-0.2, -0.15) is 0 Å². The Labute approximate surface area is 194 Å². The molecule has 1 N–H and O–H groups in total. The Balaban J connectivity index is 1.46. The monoisotopic (exact) mass is 465 g/mol. The number of carbonyl (C=O) groups is 1. The first-order valence-electron chi connectivity index (χ1n) is 10.2. The fourth-order valence-electron chi connectivity index (χ4n) is 3.92. The third-order valence-corrected chi connectivity index (χ3v) is 5.90. The van der Waals surface area contributed by atoms with Crippen LogP contribution in [0.5, 0.6) is 23.0 Å². The Morgan fingerprint density at radius 2 is 1.85 bits per heavy atom. The number of benzene rings is 3. The van der Waals surface area contributed by atoms with Crippen molar-refractivity contribution in [3.05, 3.63) is 82.5 Å². The molecule has 0 saturated heterocycles.